The Balaban J connectivity index is 1.49. The van der Waals surface area contributed by atoms with E-state index in [0.29, 0.717) is 26.2 Å². The smallest absolute Gasteiger partial charge is 0.256 e. The molecule has 26 heavy (non-hydrogen) atoms. The van der Waals surface area contributed by atoms with Crippen LogP contribution in [0.5, 0.6) is 0 Å². The second kappa shape index (κ2) is 7.03. The number of rotatable bonds is 3. The van der Waals surface area contributed by atoms with Gasteiger partial charge in [-0.05, 0) is 30.2 Å². The number of aromatic nitrogens is 1. The van der Waals surface area contributed by atoms with Crippen LogP contribution in [0.25, 0.3) is 10.2 Å². The second-order valence-electron chi connectivity index (χ2n) is 6.37. The molecule has 0 aliphatic carbocycles. The Morgan fingerprint density at radius 1 is 1.12 bits per heavy atom. The van der Waals surface area contributed by atoms with Crippen LogP contribution in [0.15, 0.2) is 42.5 Å². The normalized spacial score (nSPS) is 14.8. The highest BCUT2D eigenvalue weighted by Gasteiger charge is 2.25. The van der Waals surface area contributed by atoms with Crippen LogP contribution >= 0.6 is 11.3 Å². The Labute approximate surface area is 155 Å². The van der Waals surface area contributed by atoms with Gasteiger partial charge in [0.25, 0.3) is 5.91 Å². The lowest BCUT2D eigenvalue weighted by atomic mass is 10.1. The van der Waals surface area contributed by atoms with Gasteiger partial charge in [0.15, 0.2) is 5.13 Å². The van der Waals surface area contributed by atoms with Gasteiger partial charge in [-0.2, -0.15) is 0 Å². The molecule has 4 rings (SSSR count). The van der Waals surface area contributed by atoms with Gasteiger partial charge in [0.2, 0.25) is 0 Å². The molecule has 1 aromatic heterocycles. The highest BCUT2D eigenvalue weighted by Crippen LogP contribution is 2.31. The number of amides is 1. The molecule has 3 aromatic rings. The van der Waals surface area contributed by atoms with E-state index in [4.69, 9.17) is 4.98 Å². The minimum Gasteiger partial charge on any atom is -0.345 e. The molecule has 1 aliphatic heterocycles. The molecule has 4 nitrogen and oxygen atoms in total. The van der Waals surface area contributed by atoms with E-state index in [0.717, 1.165) is 17.1 Å². The topological polar surface area (TPSA) is 36.4 Å². The number of thiazole rings is 1. The molecule has 0 N–H and O–H groups in total. The number of hydrogen-bond acceptors (Lipinski definition) is 4. The number of aryl methyl sites for hydroxylation is 1. The maximum atomic E-state index is 13.9. The number of benzene rings is 2. The van der Waals surface area contributed by atoms with Gasteiger partial charge in [-0.25, -0.2) is 9.37 Å². The number of para-hydroxylation sites is 1. The van der Waals surface area contributed by atoms with Crippen molar-refractivity contribution in [2.45, 2.75) is 13.3 Å². The van der Waals surface area contributed by atoms with Crippen LogP contribution in [0.4, 0.5) is 9.52 Å². The summed E-state index contributed by atoms with van der Waals surface area (Å²) < 4.78 is 15.1. The highest BCUT2D eigenvalue weighted by molar-refractivity contribution is 7.22. The third-order valence-corrected chi connectivity index (χ3v) is 5.90. The van der Waals surface area contributed by atoms with Crippen LogP contribution in [0.3, 0.4) is 0 Å². The zero-order valence-electron chi connectivity index (χ0n) is 14.6. The Bertz CT molecular complexity index is 947. The Hall–Kier alpha value is -2.47. The predicted octanol–water partition coefficient (Wildman–Crippen LogP) is 3.96. The van der Waals surface area contributed by atoms with Crippen LogP contribution in [-0.2, 0) is 6.42 Å². The van der Waals surface area contributed by atoms with E-state index < -0.39 is 5.82 Å². The molecule has 134 valence electrons. The van der Waals surface area contributed by atoms with Gasteiger partial charge in [0, 0.05) is 26.2 Å². The average molecular weight is 369 g/mol. The average Bonchev–Trinajstić information content (AvgIpc) is 3.12. The van der Waals surface area contributed by atoms with Gasteiger partial charge < -0.3 is 9.80 Å². The monoisotopic (exact) mass is 369 g/mol. The summed E-state index contributed by atoms with van der Waals surface area (Å²) in [4.78, 5) is 21.3. The van der Waals surface area contributed by atoms with E-state index in [1.807, 2.05) is 0 Å². The number of carbonyl (C=O) groups excluding carboxylic acids is 1. The van der Waals surface area contributed by atoms with Crippen LogP contribution < -0.4 is 4.90 Å². The lowest BCUT2D eigenvalue weighted by Gasteiger charge is -2.34. The summed E-state index contributed by atoms with van der Waals surface area (Å²) in [7, 11) is 0. The summed E-state index contributed by atoms with van der Waals surface area (Å²) >= 11 is 1.69. The standard InChI is InChI=1S/C20H20FN3OS/c1-2-14-6-5-9-17-18(14)22-20(26-17)24-12-10-23(11-13-24)19(25)15-7-3-4-8-16(15)21/h3-9H,2,10-13H2,1H3. The first kappa shape index (κ1) is 17.0. The molecule has 0 atom stereocenters. The third kappa shape index (κ3) is 3.05. The van der Waals surface area contributed by atoms with E-state index in [-0.39, 0.29) is 11.5 Å². The number of nitrogens with zero attached hydrogens (tertiary/aromatic N) is 3. The molecule has 0 radical (unpaired) electrons. The summed E-state index contributed by atoms with van der Waals surface area (Å²) in [6, 6.07) is 12.5. The van der Waals surface area contributed by atoms with Crippen molar-refractivity contribution in [3.8, 4) is 0 Å². The lowest BCUT2D eigenvalue weighted by molar-refractivity contribution is 0.0742. The molecule has 1 fully saturated rings. The second-order valence-corrected chi connectivity index (χ2v) is 7.38. The molecular formula is C20H20FN3OS. The largest absolute Gasteiger partial charge is 0.345 e. The van der Waals surface area contributed by atoms with E-state index >= 15 is 0 Å². The number of carbonyl (C=O) groups is 1. The van der Waals surface area contributed by atoms with Gasteiger partial charge in [-0.3, -0.25) is 4.79 Å². The molecule has 1 saturated heterocycles. The number of hydrogen-bond donors (Lipinski definition) is 0. The number of fused-ring (bicyclic) bond motifs is 1. The van der Waals surface area contributed by atoms with Crippen LogP contribution in [0, 0.1) is 5.82 Å². The Morgan fingerprint density at radius 3 is 2.62 bits per heavy atom. The molecule has 0 spiro atoms. The highest BCUT2D eigenvalue weighted by atomic mass is 32.1. The fraction of sp³-hybridized carbons (Fsp3) is 0.300. The molecular weight excluding hydrogens is 349 g/mol. The zero-order valence-corrected chi connectivity index (χ0v) is 15.4. The zero-order chi connectivity index (χ0) is 18.1. The first-order valence-electron chi connectivity index (χ1n) is 8.84. The number of piperazine rings is 1. The molecule has 0 unspecified atom stereocenters. The summed E-state index contributed by atoms with van der Waals surface area (Å²) in [5, 5.41) is 0.999. The van der Waals surface area contributed by atoms with Crippen LogP contribution in [0.1, 0.15) is 22.8 Å². The molecule has 2 heterocycles. The van der Waals surface area contributed by atoms with Crippen molar-refractivity contribution < 1.29 is 9.18 Å². The van der Waals surface area contributed by atoms with E-state index in [1.54, 1.807) is 34.4 Å². The van der Waals surface area contributed by atoms with Crippen molar-refractivity contribution in [1.29, 1.82) is 0 Å². The van der Waals surface area contributed by atoms with Crippen molar-refractivity contribution in [3.05, 3.63) is 59.4 Å². The fourth-order valence-electron chi connectivity index (χ4n) is 3.32. The summed E-state index contributed by atoms with van der Waals surface area (Å²) in [5.41, 5.74) is 2.49. The SMILES string of the molecule is CCc1cccc2sc(N3CCN(C(=O)c4ccccc4F)CC3)nc12. The van der Waals surface area contributed by atoms with Crippen LogP contribution in [0.2, 0.25) is 0 Å². The van der Waals surface area contributed by atoms with Crippen molar-refractivity contribution in [3.63, 3.8) is 0 Å². The maximum absolute atomic E-state index is 13.9. The number of anilines is 1. The minimum absolute atomic E-state index is 0.147. The minimum atomic E-state index is -0.460. The lowest BCUT2D eigenvalue weighted by Crippen LogP contribution is -2.49. The molecule has 0 bridgehead atoms. The molecule has 6 heteroatoms. The molecule has 1 amide bonds. The molecule has 2 aromatic carbocycles. The molecule has 1 aliphatic rings. The quantitative estimate of drug-likeness (QED) is 0.701. The van der Waals surface area contributed by atoms with Gasteiger partial charge in [0.05, 0.1) is 15.8 Å². The van der Waals surface area contributed by atoms with Crippen LogP contribution in [-0.4, -0.2) is 42.0 Å². The predicted molar refractivity (Wildman–Crippen MR) is 104 cm³/mol. The summed E-state index contributed by atoms with van der Waals surface area (Å²) in [5.74, 6) is -0.696. The Kier molecular flexibility index (Phi) is 4.59. The first-order valence-corrected chi connectivity index (χ1v) is 9.66. The Morgan fingerprint density at radius 2 is 1.88 bits per heavy atom. The van der Waals surface area contributed by atoms with Gasteiger partial charge in [0.1, 0.15) is 5.82 Å². The number of halogens is 1. The van der Waals surface area contributed by atoms with Gasteiger partial charge in [-0.15, -0.1) is 0 Å². The summed E-state index contributed by atoms with van der Waals surface area (Å²) in [6.07, 6.45) is 0.964. The van der Waals surface area contributed by atoms with E-state index in [9.17, 15) is 9.18 Å². The third-order valence-electron chi connectivity index (χ3n) is 4.81. The van der Waals surface area contributed by atoms with Crippen molar-refractivity contribution in [2.24, 2.45) is 0 Å². The fourth-order valence-corrected chi connectivity index (χ4v) is 4.39. The summed E-state index contributed by atoms with van der Waals surface area (Å²) in [6.45, 7) is 4.71. The van der Waals surface area contributed by atoms with E-state index in [1.165, 1.54) is 16.3 Å². The van der Waals surface area contributed by atoms with E-state index in [2.05, 4.69) is 30.0 Å². The molecule has 0 saturated carbocycles. The van der Waals surface area contributed by atoms with Gasteiger partial charge >= 0.3 is 0 Å². The maximum Gasteiger partial charge on any atom is 0.256 e. The van der Waals surface area contributed by atoms with Crippen molar-refractivity contribution in [1.82, 2.24) is 9.88 Å². The van der Waals surface area contributed by atoms with Crippen molar-refractivity contribution in [2.75, 3.05) is 31.1 Å². The van der Waals surface area contributed by atoms with Gasteiger partial charge in [-0.1, -0.05) is 42.5 Å². The first-order chi connectivity index (χ1) is 12.7. The van der Waals surface area contributed by atoms with Crippen molar-refractivity contribution >= 4 is 32.6 Å².